The summed E-state index contributed by atoms with van der Waals surface area (Å²) in [4.78, 5) is 12.8. The zero-order valence-electron chi connectivity index (χ0n) is 15.4. The van der Waals surface area contributed by atoms with Gasteiger partial charge in [0.2, 0.25) is 0 Å². The standard InChI is InChI=1S/C23H22ClNO2/c1-16-15-20(24)13-14-21(16)27-17(2)23(26)25-22(18-9-5-3-6-10-18)19-11-7-4-8-12-19/h3-15,17,22H,1-2H3,(H,25,26). The summed E-state index contributed by atoms with van der Waals surface area (Å²) in [5.74, 6) is 0.472. The lowest BCUT2D eigenvalue weighted by Crippen LogP contribution is -2.39. The fourth-order valence-corrected chi connectivity index (χ4v) is 3.13. The monoisotopic (exact) mass is 379 g/mol. The highest BCUT2D eigenvalue weighted by atomic mass is 35.5. The van der Waals surface area contributed by atoms with E-state index in [-0.39, 0.29) is 11.9 Å². The fraction of sp³-hybridized carbons (Fsp3) is 0.174. The largest absolute Gasteiger partial charge is 0.481 e. The van der Waals surface area contributed by atoms with Crippen molar-refractivity contribution in [2.24, 2.45) is 0 Å². The molecule has 0 fully saturated rings. The van der Waals surface area contributed by atoms with Gasteiger partial charge in [-0.3, -0.25) is 4.79 Å². The molecule has 1 amide bonds. The van der Waals surface area contributed by atoms with Crippen LogP contribution in [0.1, 0.15) is 29.7 Å². The summed E-state index contributed by atoms with van der Waals surface area (Å²) in [7, 11) is 0. The Bertz CT molecular complexity index is 857. The SMILES string of the molecule is Cc1cc(Cl)ccc1OC(C)C(=O)NC(c1ccccc1)c1ccccc1. The smallest absolute Gasteiger partial charge is 0.261 e. The van der Waals surface area contributed by atoms with Crippen LogP contribution in [0.5, 0.6) is 5.75 Å². The van der Waals surface area contributed by atoms with Crippen molar-refractivity contribution in [1.29, 1.82) is 0 Å². The van der Waals surface area contributed by atoms with Gasteiger partial charge in [0.05, 0.1) is 6.04 Å². The van der Waals surface area contributed by atoms with Gasteiger partial charge >= 0.3 is 0 Å². The Morgan fingerprint density at radius 2 is 1.48 bits per heavy atom. The minimum absolute atomic E-state index is 0.179. The van der Waals surface area contributed by atoms with E-state index in [9.17, 15) is 4.79 Å². The predicted octanol–water partition coefficient (Wildman–Crippen LogP) is 5.32. The van der Waals surface area contributed by atoms with Crippen LogP contribution in [0.15, 0.2) is 78.9 Å². The van der Waals surface area contributed by atoms with E-state index in [1.807, 2.05) is 73.7 Å². The van der Waals surface area contributed by atoms with Crippen molar-refractivity contribution in [1.82, 2.24) is 5.32 Å². The number of halogens is 1. The number of hydrogen-bond donors (Lipinski definition) is 1. The molecule has 1 N–H and O–H groups in total. The maximum Gasteiger partial charge on any atom is 0.261 e. The van der Waals surface area contributed by atoms with Crippen molar-refractivity contribution in [2.75, 3.05) is 0 Å². The average molecular weight is 380 g/mol. The van der Waals surface area contributed by atoms with E-state index in [0.29, 0.717) is 10.8 Å². The van der Waals surface area contributed by atoms with Crippen LogP contribution < -0.4 is 10.1 Å². The molecule has 3 aromatic rings. The molecule has 0 saturated carbocycles. The number of benzene rings is 3. The van der Waals surface area contributed by atoms with Gasteiger partial charge in [-0.2, -0.15) is 0 Å². The summed E-state index contributed by atoms with van der Waals surface area (Å²) in [6.07, 6.45) is -0.639. The second-order valence-corrected chi connectivity index (χ2v) is 6.87. The normalized spacial score (nSPS) is 11.9. The van der Waals surface area contributed by atoms with Gasteiger partial charge in [0.25, 0.3) is 5.91 Å². The van der Waals surface area contributed by atoms with Crippen LogP contribution in [-0.4, -0.2) is 12.0 Å². The first-order valence-corrected chi connectivity index (χ1v) is 9.25. The molecule has 1 unspecified atom stereocenters. The summed E-state index contributed by atoms with van der Waals surface area (Å²) in [5.41, 5.74) is 2.93. The molecule has 0 heterocycles. The number of hydrogen-bond acceptors (Lipinski definition) is 2. The van der Waals surface area contributed by atoms with Gasteiger partial charge in [-0.05, 0) is 48.7 Å². The van der Waals surface area contributed by atoms with Crippen molar-refractivity contribution in [3.63, 3.8) is 0 Å². The van der Waals surface area contributed by atoms with E-state index in [4.69, 9.17) is 16.3 Å². The molecule has 0 aliphatic rings. The molecule has 1 atom stereocenters. The predicted molar refractivity (Wildman–Crippen MR) is 109 cm³/mol. The van der Waals surface area contributed by atoms with Gasteiger partial charge < -0.3 is 10.1 Å². The van der Waals surface area contributed by atoms with E-state index >= 15 is 0 Å². The number of carbonyl (C=O) groups is 1. The number of ether oxygens (including phenoxy) is 1. The van der Waals surface area contributed by atoms with Gasteiger partial charge in [0, 0.05) is 5.02 Å². The zero-order valence-corrected chi connectivity index (χ0v) is 16.1. The molecule has 4 heteroatoms. The number of aryl methyl sites for hydroxylation is 1. The molecule has 0 radical (unpaired) electrons. The second-order valence-electron chi connectivity index (χ2n) is 6.43. The fourth-order valence-electron chi connectivity index (χ4n) is 2.90. The molecule has 0 bridgehead atoms. The van der Waals surface area contributed by atoms with Gasteiger partial charge in [0.1, 0.15) is 5.75 Å². The third-order valence-electron chi connectivity index (χ3n) is 4.36. The van der Waals surface area contributed by atoms with Crippen LogP contribution in [0.3, 0.4) is 0 Å². The molecule has 3 nitrogen and oxygen atoms in total. The Hall–Kier alpha value is -2.78. The maximum absolute atomic E-state index is 12.8. The van der Waals surface area contributed by atoms with Crippen LogP contribution in [-0.2, 0) is 4.79 Å². The molecule has 0 saturated heterocycles. The van der Waals surface area contributed by atoms with Gasteiger partial charge in [0.15, 0.2) is 6.10 Å². The van der Waals surface area contributed by atoms with Crippen LogP contribution in [0.25, 0.3) is 0 Å². The third kappa shape index (κ3) is 4.89. The summed E-state index contributed by atoms with van der Waals surface area (Å²) in [6.45, 7) is 3.65. The highest BCUT2D eigenvalue weighted by Crippen LogP contribution is 2.24. The Balaban J connectivity index is 1.78. The Morgan fingerprint density at radius 3 is 2.00 bits per heavy atom. The Labute approximate surface area is 164 Å². The third-order valence-corrected chi connectivity index (χ3v) is 4.60. The summed E-state index contributed by atoms with van der Waals surface area (Å²) in [6, 6.07) is 24.9. The van der Waals surface area contributed by atoms with Gasteiger partial charge in [-0.1, -0.05) is 72.3 Å². The maximum atomic E-state index is 12.8. The molecular weight excluding hydrogens is 358 g/mol. The van der Waals surface area contributed by atoms with E-state index < -0.39 is 6.10 Å². The number of carbonyl (C=O) groups excluding carboxylic acids is 1. The van der Waals surface area contributed by atoms with E-state index in [1.165, 1.54) is 0 Å². The first-order chi connectivity index (χ1) is 13.0. The van der Waals surface area contributed by atoms with E-state index in [1.54, 1.807) is 19.1 Å². The highest BCUT2D eigenvalue weighted by Gasteiger charge is 2.22. The van der Waals surface area contributed by atoms with Crippen molar-refractivity contribution >= 4 is 17.5 Å². The molecule has 138 valence electrons. The molecule has 3 rings (SSSR count). The first kappa shape index (κ1) is 19.0. The van der Waals surface area contributed by atoms with Crippen LogP contribution in [0.4, 0.5) is 0 Å². The number of nitrogens with one attached hydrogen (secondary N) is 1. The molecule has 3 aromatic carbocycles. The van der Waals surface area contributed by atoms with Crippen molar-refractivity contribution < 1.29 is 9.53 Å². The summed E-state index contributed by atoms with van der Waals surface area (Å²) >= 11 is 5.99. The Morgan fingerprint density at radius 1 is 0.926 bits per heavy atom. The van der Waals surface area contributed by atoms with Gasteiger partial charge in [-0.15, -0.1) is 0 Å². The average Bonchev–Trinajstić information content (AvgIpc) is 2.69. The van der Waals surface area contributed by atoms with Crippen molar-refractivity contribution in [3.8, 4) is 5.75 Å². The topological polar surface area (TPSA) is 38.3 Å². The minimum Gasteiger partial charge on any atom is -0.481 e. The van der Waals surface area contributed by atoms with Crippen LogP contribution >= 0.6 is 11.6 Å². The number of amides is 1. The zero-order chi connectivity index (χ0) is 19.2. The lowest BCUT2D eigenvalue weighted by Gasteiger charge is -2.23. The molecule has 0 aliphatic carbocycles. The highest BCUT2D eigenvalue weighted by molar-refractivity contribution is 6.30. The summed E-state index contributed by atoms with van der Waals surface area (Å²) in [5, 5.41) is 3.75. The second kappa shape index (κ2) is 8.74. The molecule has 27 heavy (non-hydrogen) atoms. The minimum atomic E-state index is -0.639. The molecule has 0 aromatic heterocycles. The molecule has 0 aliphatic heterocycles. The molecular formula is C23H22ClNO2. The summed E-state index contributed by atoms with van der Waals surface area (Å²) < 4.78 is 5.86. The van der Waals surface area contributed by atoms with E-state index in [0.717, 1.165) is 16.7 Å². The van der Waals surface area contributed by atoms with E-state index in [2.05, 4.69) is 5.32 Å². The lowest BCUT2D eigenvalue weighted by molar-refractivity contribution is -0.127. The van der Waals surface area contributed by atoms with Crippen LogP contribution in [0.2, 0.25) is 5.02 Å². The number of rotatable bonds is 6. The first-order valence-electron chi connectivity index (χ1n) is 8.87. The van der Waals surface area contributed by atoms with Crippen molar-refractivity contribution in [3.05, 3.63) is 101 Å². The van der Waals surface area contributed by atoms with Crippen molar-refractivity contribution in [2.45, 2.75) is 26.0 Å². The molecule has 0 spiro atoms. The Kier molecular flexibility index (Phi) is 6.15. The van der Waals surface area contributed by atoms with Gasteiger partial charge in [-0.25, -0.2) is 0 Å². The van der Waals surface area contributed by atoms with Crippen LogP contribution in [0, 0.1) is 6.92 Å². The lowest BCUT2D eigenvalue weighted by atomic mass is 9.98. The quantitative estimate of drug-likeness (QED) is 0.629.